The number of aliphatic hydroxyl groups excluding tert-OH is 1. The van der Waals surface area contributed by atoms with Gasteiger partial charge >= 0.3 is 0 Å². The van der Waals surface area contributed by atoms with E-state index in [1.165, 1.54) is 0 Å². The van der Waals surface area contributed by atoms with Crippen molar-refractivity contribution >= 4 is 11.6 Å². The van der Waals surface area contributed by atoms with Gasteiger partial charge in [-0.1, -0.05) is 18.2 Å². The van der Waals surface area contributed by atoms with E-state index >= 15 is 0 Å². The maximum atomic E-state index is 9.91. The second kappa shape index (κ2) is 6.10. The van der Waals surface area contributed by atoms with E-state index in [0.29, 0.717) is 0 Å². The van der Waals surface area contributed by atoms with E-state index in [-0.39, 0.29) is 0 Å². The first-order chi connectivity index (χ1) is 10.3. The summed E-state index contributed by atoms with van der Waals surface area (Å²) >= 11 is 0. The summed E-state index contributed by atoms with van der Waals surface area (Å²) in [6.45, 7) is 5.40. The fourth-order valence-electron chi connectivity index (χ4n) is 2.73. The molecule has 0 amide bonds. The number of benzene rings is 1. The molecule has 0 radical (unpaired) electrons. The lowest BCUT2D eigenvalue weighted by atomic mass is 10.1. The minimum absolute atomic E-state index is 0.448. The second-order valence-electron chi connectivity index (χ2n) is 5.26. The van der Waals surface area contributed by atoms with E-state index < -0.39 is 6.10 Å². The minimum Gasteiger partial charge on any atom is -0.389 e. The summed E-state index contributed by atoms with van der Waals surface area (Å²) in [6.07, 6.45) is 3.10. The van der Waals surface area contributed by atoms with E-state index in [1.54, 1.807) is 12.4 Å². The van der Waals surface area contributed by atoms with Gasteiger partial charge in [0.05, 0.1) is 6.10 Å². The van der Waals surface area contributed by atoms with Crippen LogP contribution >= 0.6 is 0 Å². The highest BCUT2D eigenvalue weighted by atomic mass is 16.3. The van der Waals surface area contributed by atoms with Crippen LogP contribution in [-0.4, -0.2) is 41.3 Å². The molecule has 0 aliphatic carbocycles. The molecule has 1 aliphatic heterocycles. The number of piperazine rings is 1. The Kier molecular flexibility index (Phi) is 4.01. The van der Waals surface area contributed by atoms with Crippen LogP contribution in [0.1, 0.15) is 18.6 Å². The van der Waals surface area contributed by atoms with E-state index in [0.717, 1.165) is 43.4 Å². The largest absolute Gasteiger partial charge is 0.389 e. The van der Waals surface area contributed by atoms with E-state index in [2.05, 4.69) is 25.8 Å². The van der Waals surface area contributed by atoms with Gasteiger partial charge in [-0.25, -0.2) is 9.97 Å². The molecule has 0 bridgehead atoms. The summed E-state index contributed by atoms with van der Waals surface area (Å²) in [7, 11) is 0. The Morgan fingerprint density at radius 1 is 0.952 bits per heavy atom. The number of anilines is 2. The molecule has 1 fully saturated rings. The van der Waals surface area contributed by atoms with Gasteiger partial charge in [0, 0.05) is 49.8 Å². The zero-order valence-corrected chi connectivity index (χ0v) is 12.2. The zero-order chi connectivity index (χ0) is 14.7. The van der Waals surface area contributed by atoms with Crippen molar-refractivity contribution in [1.82, 2.24) is 9.97 Å². The average Bonchev–Trinajstić information content (AvgIpc) is 2.56. The van der Waals surface area contributed by atoms with Gasteiger partial charge in [0.1, 0.15) is 0 Å². The molecule has 2 aromatic rings. The molecule has 5 heteroatoms. The zero-order valence-electron chi connectivity index (χ0n) is 12.2. The Morgan fingerprint density at radius 2 is 1.57 bits per heavy atom. The molecule has 21 heavy (non-hydrogen) atoms. The lowest BCUT2D eigenvalue weighted by Crippen LogP contribution is -2.47. The van der Waals surface area contributed by atoms with Crippen molar-refractivity contribution in [3.05, 3.63) is 48.3 Å². The lowest BCUT2D eigenvalue weighted by molar-refractivity contribution is 0.199. The van der Waals surface area contributed by atoms with Gasteiger partial charge in [0.25, 0.3) is 0 Å². The molecule has 5 nitrogen and oxygen atoms in total. The first-order valence-corrected chi connectivity index (χ1v) is 7.29. The Hall–Kier alpha value is -2.14. The van der Waals surface area contributed by atoms with Crippen LogP contribution in [0.5, 0.6) is 0 Å². The highest BCUT2D eigenvalue weighted by molar-refractivity contribution is 5.55. The van der Waals surface area contributed by atoms with Gasteiger partial charge in [0.15, 0.2) is 0 Å². The van der Waals surface area contributed by atoms with Crippen LogP contribution < -0.4 is 9.80 Å². The van der Waals surface area contributed by atoms with Crippen molar-refractivity contribution < 1.29 is 5.11 Å². The quantitative estimate of drug-likeness (QED) is 0.932. The van der Waals surface area contributed by atoms with Crippen LogP contribution in [0, 0.1) is 0 Å². The van der Waals surface area contributed by atoms with Crippen LogP contribution in [0.3, 0.4) is 0 Å². The van der Waals surface area contributed by atoms with E-state index in [9.17, 15) is 5.11 Å². The molecule has 2 heterocycles. The maximum absolute atomic E-state index is 9.91. The van der Waals surface area contributed by atoms with Crippen molar-refractivity contribution in [3.8, 4) is 0 Å². The topological polar surface area (TPSA) is 52.5 Å². The Labute approximate surface area is 124 Å². The molecule has 1 aromatic heterocycles. The number of aromatic nitrogens is 2. The third kappa shape index (κ3) is 2.97. The number of hydrogen-bond acceptors (Lipinski definition) is 5. The Bertz CT molecular complexity index is 580. The molecule has 1 atom stereocenters. The van der Waals surface area contributed by atoms with Gasteiger partial charge in [-0.2, -0.15) is 0 Å². The fourth-order valence-corrected chi connectivity index (χ4v) is 2.73. The number of hydrogen-bond donors (Lipinski definition) is 1. The van der Waals surface area contributed by atoms with Crippen molar-refractivity contribution in [2.45, 2.75) is 13.0 Å². The highest BCUT2D eigenvalue weighted by Gasteiger charge is 2.21. The Morgan fingerprint density at radius 3 is 2.24 bits per heavy atom. The maximum Gasteiger partial charge on any atom is 0.225 e. The van der Waals surface area contributed by atoms with Crippen molar-refractivity contribution in [2.75, 3.05) is 36.0 Å². The minimum atomic E-state index is -0.448. The predicted octanol–water partition coefficient (Wildman–Crippen LogP) is 1.86. The van der Waals surface area contributed by atoms with Crippen LogP contribution in [0.4, 0.5) is 11.6 Å². The van der Waals surface area contributed by atoms with Crippen LogP contribution in [0.2, 0.25) is 0 Å². The number of nitrogens with zero attached hydrogens (tertiary/aromatic N) is 4. The van der Waals surface area contributed by atoms with Crippen molar-refractivity contribution in [2.24, 2.45) is 0 Å². The number of para-hydroxylation sites is 1. The summed E-state index contributed by atoms with van der Waals surface area (Å²) < 4.78 is 0. The van der Waals surface area contributed by atoms with Crippen molar-refractivity contribution in [1.29, 1.82) is 0 Å². The first kappa shape index (κ1) is 13.8. The molecule has 1 aromatic carbocycles. The molecule has 110 valence electrons. The number of rotatable bonds is 3. The van der Waals surface area contributed by atoms with Gasteiger partial charge in [0.2, 0.25) is 5.95 Å². The molecule has 3 rings (SSSR count). The summed E-state index contributed by atoms with van der Waals surface area (Å²) in [4.78, 5) is 13.1. The standard InChI is InChI=1S/C16H20N4O/c1-13(21)14-5-2-3-6-15(14)19-9-11-20(12-10-19)16-17-7-4-8-18-16/h2-8,13,21H,9-12H2,1H3/t13-/m1/s1. The Balaban J connectivity index is 1.72. The average molecular weight is 284 g/mol. The molecular weight excluding hydrogens is 264 g/mol. The van der Waals surface area contributed by atoms with Gasteiger partial charge < -0.3 is 14.9 Å². The second-order valence-corrected chi connectivity index (χ2v) is 5.26. The van der Waals surface area contributed by atoms with Gasteiger partial charge in [-0.05, 0) is 19.1 Å². The summed E-state index contributed by atoms with van der Waals surface area (Å²) in [5.41, 5.74) is 2.11. The monoisotopic (exact) mass is 284 g/mol. The van der Waals surface area contributed by atoms with Gasteiger partial charge in [-0.15, -0.1) is 0 Å². The third-order valence-electron chi connectivity index (χ3n) is 3.84. The first-order valence-electron chi connectivity index (χ1n) is 7.29. The van der Waals surface area contributed by atoms with E-state index in [1.807, 2.05) is 31.2 Å². The highest BCUT2D eigenvalue weighted by Crippen LogP contribution is 2.27. The third-order valence-corrected chi connectivity index (χ3v) is 3.84. The SMILES string of the molecule is C[C@@H](O)c1ccccc1N1CCN(c2ncccn2)CC1. The summed E-state index contributed by atoms with van der Waals surface area (Å²) in [5.74, 6) is 0.793. The molecular formula is C16H20N4O. The van der Waals surface area contributed by atoms with Crippen LogP contribution in [0.15, 0.2) is 42.7 Å². The molecule has 1 N–H and O–H groups in total. The molecule has 0 unspecified atom stereocenters. The molecule has 0 spiro atoms. The van der Waals surface area contributed by atoms with Gasteiger partial charge in [-0.3, -0.25) is 0 Å². The summed E-state index contributed by atoms with van der Waals surface area (Å²) in [6, 6.07) is 9.90. The normalized spacial score (nSPS) is 16.9. The molecule has 1 saturated heterocycles. The van der Waals surface area contributed by atoms with Crippen molar-refractivity contribution in [3.63, 3.8) is 0 Å². The fraction of sp³-hybridized carbons (Fsp3) is 0.375. The van der Waals surface area contributed by atoms with Crippen LogP contribution in [-0.2, 0) is 0 Å². The smallest absolute Gasteiger partial charge is 0.225 e. The number of aliphatic hydroxyl groups is 1. The molecule has 1 aliphatic rings. The molecule has 0 saturated carbocycles. The van der Waals surface area contributed by atoms with Crippen LogP contribution in [0.25, 0.3) is 0 Å². The predicted molar refractivity (Wildman–Crippen MR) is 83.5 cm³/mol. The summed E-state index contributed by atoms with van der Waals surface area (Å²) in [5, 5.41) is 9.91. The lowest BCUT2D eigenvalue weighted by Gasteiger charge is -2.37. The van der Waals surface area contributed by atoms with E-state index in [4.69, 9.17) is 0 Å².